The second-order valence-electron chi connectivity index (χ2n) is 8.42. The number of hydrogen-bond donors (Lipinski definition) is 0. The lowest BCUT2D eigenvalue weighted by atomic mass is 9.79. The van der Waals surface area contributed by atoms with Crippen molar-refractivity contribution < 1.29 is 18.3 Å². The second-order valence-corrected chi connectivity index (χ2v) is 8.42. The van der Waals surface area contributed by atoms with Crippen LogP contribution in [0, 0.1) is 29.0 Å². The van der Waals surface area contributed by atoms with E-state index in [-0.39, 0.29) is 23.8 Å². The van der Waals surface area contributed by atoms with Crippen LogP contribution >= 0.6 is 0 Å². The molecule has 2 aliphatic carbocycles. The number of allylic oxidation sites excluding steroid dienone is 2. The Labute approximate surface area is 171 Å². The van der Waals surface area contributed by atoms with Gasteiger partial charge in [0.15, 0.2) is 5.83 Å². The third kappa shape index (κ3) is 6.39. The fourth-order valence-electron chi connectivity index (χ4n) is 4.69. The highest BCUT2D eigenvalue weighted by molar-refractivity contribution is 5.72. The Hall–Kier alpha value is -2.22. The first-order valence-corrected chi connectivity index (χ1v) is 10.8. The molecule has 0 radical (unpaired) electrons. The van der Waals surface area contributed by atoms with Gasteiger partial charge in [0.1, 0.15) is 18.0 Å². The van der Waals surface area contributed by atoms with E-state index in [0.717, 1.165) is 57.8 Å². The van der Waals surface area contributed by atoms with Crippen LogP contribution in [-0.2, 0) is 9.53 Å². The molecule has 0 heterocycles. The Balaban J connectivity index is 1.36. The fraction of sp³-hybridized carbons (Fsp3) is 0.583. The van der Waals surface area contributed by atoms with Crippen molar-refractivity contribution in [2.75, 3.05) is 0 Å². The zero-order chi connectivity index (χ0) is 20.6. The molecule has 156 valence electrons. The molecule has 1 aromatic carbocycles. The highest BCUT2D eigenvalue weighted by Gasteiger charge is 2.30. The Bertz CT molecular complexity index is 737. The van der Waals surface area contributed by atoms with Crippen molar-refractivity contribution in [2.45, 2.75) is 76.2 Å². The number of benzene rings is 1. The predicted molar refractivity (Wildman–Crippen MR) is 107 cm³/mol. The number of nitriles is 1. The summed E-state index contributed by atoms with van der Waals surface area (Å²) in [5.74, 6) is -0.0984. The highest BCUT2D eigenvalue weighted by atomic mass is 19.1. The van der Waals surface area contributed by atoms with Crippen molar-refractivity contribution >= 4 is 5.97 Å². The monoisotopic (exact) mass is 401 g/mol. The van der Waals surface area contributed by atoms with E-state index < -0.39 is 5.83 Å². The Morgan fingerprint density at radius 3 is 2.34 bits per heavy atom. The third-order valence-corrected chi connectivity index (χ3v) is 6.48. The van der Waals surface area contributed by atoms with Gasteiger partial charge in [0.2, 0.25) is 0 Å². The maximum absolute atomic E-state index is 13.1. The maximum atomic E-state index is 13.1. The van der Waals surface area contributed by atoms with E-state index in [1.54, 1.807) is 0 Å². The topological polar surface area (TPSA) is 50.1 Å². The summed E-state index contributed by atoms with van der Waals surface area (Å²) in [5.41, 5.74) is 1.17. The van der Waals surface area contributed by atoms with Crippen LogP contribution in [0.15, 0.2) is 36.2 Å². The zero-order valence-corrected chi connectivity index (χ0v) is 16.8. The van der Waals surface area contributed by atoms with Crippen molar-refractivity contribution in [3.8, 4) is 6.07 Å². The van der Waals surface area contributed by atoms with Crippen molar-refractivity contribution in [3.63, 3.8) is 0 Å². The van der Waals surface area contributed by atoms with Gasteiger partial charge in [-0.15, -0.1) is 0 Å². The number of hydrogen-bond acceptors (Lipinski definition) is 3. The molecule has 3 rings (SSSR count). The molecule has 0 bridgehead atoms. The van der Waals surface area contributed by atoms with E-state index in [0.29, 0.717) is 18.3 Å². The first-order valence-electron chi connectivity index (χ1n) is 10.8. The van der Waals surface area contributed by atoms with Crippen LogP contribution in [0.3, 0.4) is 0 Å². The molecular formula is C24H29F2NO2. The minimum Gasteiger partial charge on any atom is -0.462 e. The lowest BCUT2D eigenvalue weighted by Crippen LogP contribution is -2.29. The van der Waals surface area contributed by atoms with Crippen molar-refractivity contribution in [1.82, 2.24) is 0 Å². The molecule has 0 N–H and O–H groups in total. The summed E-state index contributed by atoms with van der Waals surface area (Å²) in [6.45, 7) is 0. The quantitative estimate of drug-likeness (QED) is 0.412. The molecule has 0 saturated heterocycles. The maximum Gasteiger partial charge on any atom is 0.309 e. The number of esters is 1. The van der Waals surface area contributed by atoms with Crippen LogP contribution in [0.2, 0.25) is 0 Å². The largest absolute Gasteiger partial charge is 0.462 e. The SMILES string of the molecule is N#CC(F)=CCCC1CCC(C(=O)OC2CCC(c3ccc(F)cc3)CC2)CC1. The van der Waals surface area contributed by atoms with E-state index >= 15 is 0 Å². The van der Waals surface area contributed by atoms with E-state index in [2.05, 4.69) is 0 Å². The summed E-state index contributed by atoms with van der Waals surface area (Å²) in [4.78, 5) is 12.5. The van der Waals surface area contributed by atoms with E-state index in [4.69, 9.17) is 10.00 Å². The van der Waals surface area contributed by atoms with E-state index in [1.807, 2.05) is 12.1 Å². The van der Waals surface area contributed by atoms with Crippen molar-refractivity contribution in [1.29, 1.82) is 5.26 Å². The molecule has 3 nitrogen and oxygen atoms in total. The van der Waals surface area contributed by atoms with E-state index in [9.17, 15) is 13.6 Å². The van der Waals surface area contributed by atoms with Crippen LogP contribution in [0.1, 0.15) is 75.7 Å². The fourth-order valence-corrected chi connectivity index (χ4v) is 4.69. The van der Waals surface area contributed by atoms with Crippen molar-refractivity contribution in [3.05, 3.63) is 47.5 Å². The third-order valence-electron chi connectivity index (χ3n) is 6.48. The summed E-state index contributed by atoms with van der Waals surface area (Å²) in [6.07, 6.45) is 10.0. The van der Waals surface area contributed by atoms with Gasteiger partial charge in [0.05, 0.1) is 5.92 Å². The molecule has 0 amide bonds. The number of carbonyl (C=O) groups excluding carboxylic acids is 1. The van der Waals surface area contributed by atoms with Gasteiger partial charge in [0, 0.05) is 0 Å². The Morgan fingerprint density at radius 1 is 1.07 bits per heavy atom. The molecule has 0 atom stereocenters. The molecule has 5 heteroatoms. The Kier molecular flexibility index (Phi) is 7.80. The van der Waals surface area contributed by atoms with Crippen molar-refractivity contribution in [2.24, 2.45) is 11.8 Å². The molecule has 0 aliphatic heterocycles. The standard InChI is InChI=1S/C24H29F2NO2/c25-21-12-8-18(9-13-21)19-10-14-23(15-11-19)29-24(28)20-6-4-17(5-7-20)2-1-3-22(26)16-27/h3,8-9,12-13,17,19-20,23H,1-2,4-7,10-11,14-15H2. The van der Waals surface area contributed by atoms with Gasteiger partial charge in [-0.25, -0.2) is 4.39 Å². The van der Waals surface area contributed by atoms with Crippen LogP contribution in [-0.4, -0.2) is 12.1 Å². The minimum atomic E-state index is -0.712. The average Bonchev–Trinajstić information content (AvgIpc) is 2.75. The van der Waals surface area contributed by atoms with Crippen LogP contribution in [0.25, 0.3) is 0 Å². The number of ether oxygens (including phenoxy) is 1. The van der Waals surface area contributed by atoms with Gasteiger partial charge in [-0.05, 0) is 99.8 Å². The summed E-state index contributed by atoms with van der Waals surface area (Å²) < 4.78 is 31.7. The molecule has 0 spiro atoms. The lowest BCUT2D eigenvalue weighted by molar-refractivity contribution is -0.157. The van der Waals surface area contributed by atoms with Gasteiger partial charge >= 0.3 is 5.97 Å². The summed E-state index contributed by atoms with van der Waals surface area (Å²) in [7, 11) is 0. The van der Waals surface area contributed by atoms with Crippen LogP contribution in [0.4, 0.5) is 8.78 Å². The van der Waals surface area contributed by atoms with Gasteiger partial charge < -0.3 is 4.74 Å². The Morgan fingerprint density at radius 2 is 1.72 bits per heavy atom. The molecule has 29 heavy (non-hydrogen) atoms. The number of nitrogens with zero attached hydrogens (tertiary/aromatic N) is 1. The summed E-state index contributed by atoms with van der Waals surface area (Å²) in [5, 5.41) is 8.43. The summed E-state index contributed by atoms with van der Waals surface area (Å²) in [6, 6.07) is 8.22. The molecule has 1 aromatic rings. The van der Waals surface area contributed by atoms with Gasteiger partial charge in [0.25, 0.3) is 0 Å². The molecule has 0 aromatic heterocycles. The predicted octanol–water partition coefficient (Wildman–Crippen LogP) is 6.36. The molecule has 2 aliphatic rings. The van der Waals surface area contributed by atoms with Crippen LogP contribution < -0.4 is 0 Å². The van der Waals surface area contributed by atoms with E-state index in [1.165, 1.54) is 29.8 Å². The average molecular weight is 401 g/mol. The number of rotatable bonds is 6. The molecule has 2 fully saturated rings. The normalized spacial score (nSPS) is 27.8. The summed E-state index contributed by atoms with van der Waals surface area (Å²) >= 11 is 0. The molecule has 0 unspecified atom stereocenters. The second kappa shape index (κ2) is 10.5. The van der Waals surface area contributed by atoms with Crippen LogP contribution in [0.5, 0.6) is 0 Å². The van der Waals surface area contributed by atoms with Gasteiger partial charge in [-0.2, -0.15) is 9.65 Å². The molecule has 2 saturated carbocycles. The number of halogens is 2. The number of carbonyl (C=O) groups is 1. The van der Waals surface area contributed by atoms with Gasteiger partial charge in [-0.1, -0.05) is 12.1 Å². The minimum absolute atomic E-state index is 0.00369. The smallest absolute Gasteiger partial charge is 0.309 e. The first-order chi connectivity index (χ1) is 14.0. The zero-order valence-electron chi connectivity index (χ0n) is 16.8. The highest BCUT2D eigenvalue weighted by Crippen LogP contribution is 2.36. The molecular weight excluding hydrogens is 372 g/mol. The van der Waals surface area contributed by atoms with Gasteiger partial charge in [-0.3, -0.25) is 4.79 Å². The first kappa shape index (κ1) is 21.5. The lowest BCUT2D eigenvalue weighted by Gasteiger charge is -2.31.